The lowest BCUT2D eigenvalue weighted by Gasteiger charge is -2.31. The third-order valence-electron chi connectivity index (χ3n) is 4.05. The van der Waals surface area contributed by atoms with Crippen molar-refractivity contribution in [2.45, 2.75) is 18.4 Å². The molecule has 2 aromatic rings. The molecule has 0 radical (unpaired) electrons. The largest absolute Gasteiger partial charge is 0.381 e. The number of sulfonamides is 1. The highest BCUT2D eigenvalue weighted by molar-refractivity contribution is 7.92. The van der Waals surface area contributed by atoms with Gasteiger partial charge in [0.1, 0.15) is 5.54 Å². The lowest BCUT2D eigenvalue weighted by Crippen LogP contribution is -2.54. The molecule has 0 saturated carbocycles. The Bertz CT molecular complexity index is 887. The number of thiazole rings is 1. The Kier molecular flexibility index (Phi) is 5.28. The molecule has 1 aromatic heterocycles. The Balaban J connectivity index is 1.68. The van der Waals surface area contributed by atoms with Crippen molar-refractivity contribution >= 4 is 38.1 Å². The highest BCUT2D eigenvalue weighted by Gasteiger charge is 2.36. The maximum Gasteiger partial charge on any atom is 0.246 e. The Morgan fingerprint density at radius 3 is 2.54 bits per heavy atom. The maximum absolute atomic E-state index is 12.4. The van der Waals surface area contributed by atoms with Gasteiger partial charge < -0.3 is 15.8 Å². The summed E-state index contributed by atoms with van der Waals surface area (Å²) >= 11 is 1.31. The van der Waals surface area contributed by atoms with Crippen molar-refractivity contribution in [1.29, 1.82) is 0 Å². The third-order valence-corrected chi connectivity index (χ3v) is 5.41. The minimum Gasteiger partial charge on any atom is -0.381 e. The molecule has 0 unspecified atom stereocenters. The fraction of sp³-hybridized carbons (Fsp3) is 0.375. The molecule has 0 spiro atoms. The Hall–Kier alpha value is -2.01. The van der Waals surface area contributed by atoms with Crippen molar-refractivity contribution in [2.24, 2.45) is 5.73 Å². The van der Waals surface area contributed by atoms with Crippen LogP contribution in [-0.2, 0) is 19.6 Å². The number of rotatable bonds is 5. The van der Waals surface area contributed by atoms with Crippen LogP contribution in [0.3, 0.4) is 0 Å². The van der Waals surface area contributed by atoms with Gasteiger partial charge in [-0.25, -0.2) is 13.4 Å². The van der Waals surface area contributed by atoms with Crippen LogP contribution in [0, 0.1) is 0 Å². The molecule has 1 aliphatic heterocycles. The van der Waals surface area contributed by atoms with Crippen molar-refractivity contribution in [3.05, 3.63) is 29.6 Å². The second kappa shape index (κ2) is 7.31. The van der Waals surface area contributed by atoms with E-state index in [4.69, 9.17) is 10.5 Å². The molecule has 3 rings (SSSR count). The zero-order valence-corrected chi connectivity index (χ0v) is 15.8. The van der Waals surface area contributed by atoms with Gasteiger partial charge >= 0.3 is 0 Å². The normalized spacial score (nSPS) is 16.8. The summed E-state index contributed by atoms with van der Waals surface area (Å²) in [5, 5.41) is 5.07. The molecule has 10 heteroatoms. The van der Waals surface area contributed by atoms with E-state index in [0.717, 1.165) is 11.8 Å². The predicted octanol–water partition coefficient (Wildman–Crippen LogP) is 1.63. The van der Waals surface area contributed by atoms with E-state index >= 15 is 0 Å². The summed E-state index contributed by atoms with van der Waals surface area (Å²) in [6.45, 7) is 0.946. The van der Waals surface area contributed by atoms with Crippen LogP contribution in [0.2, 0.25) is 0 Å². The van der Waals surface area contributed by atoms with Gasteiger partial charge in [-0.05, 0) is 25.0 Å². The minimum absolute atomic E-state index is 0.255. The summed E-state index contributed by atoms with van der Waals surface area (Å²) in [7, 11) is -3.31. The summed E-state index contributed by atoms with van der Waals surface area (Å²) < 4.78 is 30.1. The smallest absolute Gasteiger partial charge is 0.246 e. The average molecular weight is 396 g/mol. The van der Waals surface area contributed by atoms with Crippen LogP contribution in [0.1, 0.15) is 12.8 Å². The number of carbonyl (C=O) groups excluding carboxylic acids is 1. The van der Waals surface area contributed by atoms with Gasteiger partial charge in [-0.2, -0.15) is 0 Å². The van der Waals surface area contributed by atoms with Crippen molar-refractivity contribution in [2.75, 3.05) is 29.5 Å². The number of hydrogen-bond donors (Lipinski definition) is 3. The minimum atomic E-state index is -3.31. The number of benzene rings is 1. The van der Waals surface area contributed by atoms with E-state index in [1.165, 1.54) is 11.3 Å². The summed E-state index contributed by atoms with van der Waals surface area (Å²) in [5.74, 6) is -0.255. The number of nitrogens with one attached hydrogen (secondary N) is 2. The van der Waals surface area contributed by atoms with Crippen molar-refractivity contribution in [1.82, 2.24) is 4.98 Å². The molecular weight excluding hydrogens is 376 g/mol. The SMILES string of the molecule is CS(=O)(=O)Nc1ccc(-c2csc(NC(=O)C3(N)CCOCC3)n2)cc1. The third kappa shape index (κ3) is 4.58. The van der Waals surface area contributed by atoms with E-state index in [-0.39, 0.29) is 5.91 Å². The van der Waals surface area contributed by atoms with Crippen molar-refractivity contribution in [3.8, 4) is 11.3 Å². The van der Waals surface area contributed by atoms with E-state index in [9.17, 15) is 13.2 Å². The van der Waals surface area contributed by atoms with Crippen LogP contribution in [0.4, 0.5) is 10.8 Å². The number of aromatic nitrogens is 1. The summed E-state index contributed by atoms with van der Waals surface area (Å²) in [5.41, 5.74) is 7.22. The zero-order chi connectivity index (χ0) is 18.8. The van der Waals surface area contributed by atoms with Crippen molar-refractivity contribution < 1.29 is 17.9 Å². The monoisotopic (exact) mass is 396 g/mol. The molecule has 4 N–H and O–H groups in total. The molecule has 1 aliphatic rings. The number of nitrogens with zero attached hydrogens (tertiary/aromatic N) is 1. The van der Waals surface area contributed by atoms with E-state index in [0.29, 0.717) is 42.6 Å². The van der Waals surface area contributed by atoms with Crippen LogP contribution in [0.5, 0.6) is 0 Å². The molecule has 140 valence electrons. The average Bonchev–Trinajstić information content (AvgIpc) is 3.03. The molecule has 1 saturated heterocycles. The van der Waals surface area contributed by atoms with Gasteiger partial charge in [-0.1, -0.05) is 12.1 Å². The van der Waals surface area contributed by atoms with Gasteiger partial charge in [-0.15, -0.1) is 11.3 Å². The summed E-state index contributed by atoms with van der Waals surface area (Å²) in [6.07, 6.45) is 2.05. The first-order valence-electron chi connectivity index (χ1n) is 7.97. The van der Waals surface area contributed by atoms with E-state index in [1.807, 2.05) is 5.38 Å². The van der Waals surface area contributed by atoms with Crippen LogP contribution < -0.4 is 15.8 Å². The highest BCUT2D eigenvalue weighted by atomic mass is 32.2. The second-order valence-corrected chi connectivity index (χ2v) is 8.82. The fourth-order valence-corrected chi connectivity index (χ4v) is 3.85. The van der Waals surface area contributed by atoms with Gasteiger partial charge in [0.25, 0.3) is 0 Å². The lowest BCUT2D eigenvalue weighted by atomic mass is 9.90. The van der Waals surface area contributed by atoms with Gasteiger partial charge in [0, 0.05) is 29.8 Å². The number of amides is 1. The Morgan fingerprint density at radius 2 is 1.92 bits per heavy atom. The molecule has 0 bridgehead atoms. The van der Waals surface area contributed by atoms with Gasteiger partial charge in [-0.3, -0.25) is 9.52 Å². The van der Waals surface area contributed by atoms with Crippen LogP contribution in [0.15, 0.2) is 29.6 Å². The molecule has 1 fully saturated rings. The van der Waals surface area contributed by atoms with E-state index in [2.05, 4.69) is 15.0 Å². The quantitative estimate of drug-likeness (QED) is 0.706. The van der Waals surface area contributed by atoms with E-state index < -0.39 is 15.6 Å². The van der Waals surface area contributed by atoms with Gasteiger partial charge in [0.15, 0.2) is 5.13 Å². The molecule has 0 atom stereocenters. The van der Waals surface area contributed by atoms with Crippen LogP contribution in [0.25, 0.3) is 11.3 Å². The number of anilines is 2. The van der Waals surface area contributed by atoms with E-state index in [1.54, 1.807) is 24.3 Å². The summed E-state index contributed by atoms with van der Waals surface area (Å²) in [6, 6.07) is 6.84. The molecule has 1 aromatic carbocycles. The number of nitrogens with two attached hydrogens (primary N) is 1. The first-order chi connectivity index (χ1) is 12.3. The van der Waals surface area contributed by atoms with Crippen LogP contribution >= 0.6 is 11.3 Å². The first-order valence-corrected chi connectivity index (χ1v) is 10.7. The number of ether oxygens (including phenoxy) is 1. The molecule has 1 amide bonds. The molecule has 0 aliphatic carbocycles. The highest BCUT2D eigenvalue weighted by Crippen LogP contribution is 2.27. The number of hydrogen-bond acceptors (Lipinski definition) is 7. The molecular formula is C16H20N4O4S2. The predicted molar refractivity (Wildman–Crippen MR) is 102 cm³/mol. The molecule has 26 heavy (non-hydrogen) atoms. The Labute approximate surface area is 155 Å². The first kappa shape index (κ1) is 18.8. The lowest BCUT2D eigenvalue weighted by molar-refractivity contribution is -0.124. The summed E-state index contributed by atoms with van der Waals surface area (Å²) in [4.78, 5) is 16.8. The van der Waals surface area contributed by atoms with Crippen LogP contribution in [-0.4, -0.2) is 44.3 Å². The fourth-order valence-electron chi connectivity index (χ4n) is 2.57. The topological polar surface area (TPSA) is 123 Å². The molecule has 8 nitrogen and oxygen atoms in total. The van der Waals surface area contributed by atoms with Gasteiger partial charge in [0.2, 0.25) is 15.9 Å². The standard InChI is InChI=1S/C16H20N4O4S2/c1-26(22,23)20-12-4-2-11(3-5-12)13-10-25-15(18-13)19-14(21)16(17)6-8-24-9-7-16/h2-5,10,20H,6-9,17H2,1H3,(H,18,19,21). The van der Waals surface area contributed by atoms with Crippen molar-refractivity contribution in [3.63, 3.8) is 0 Å². The number of carbonyl (C=O) groups is 1. The Morgan fingerprint density at radius 1 is 1.27 bits per heavy atom. The van der Waals surface area contributed by atoms with Gasteiger partial charge in [0.05, 0.1) is 11.9 Å². The zero-order valence-electron chi connectivity index (χ0n) is 14.2. The second-order valence-electron chi connectivity index (χ2n) is 6.21. The molecule has 2 heterocycles. The maximum atomic E-state index is 12.4.